The first-order chi connectivity index (χ1) is 13.0. The quantitative estimate of drug-likeness (QED) is 0.772. The number of nitrogens with zero attached hydrogens (tertiary/aromatic N) is 1. The molecule has 27 heavy (non-hydrogen) atoms. The fourth-order valence-electron chi connectivity index (χ4n) is 6.52. The molecule has 0 radical (unpaired) electrons. The van der Waals surface area contributed by atoms with E-state index in [4.69, 9.17) is 4.74 Å². The van der Waals surface area contributed by atoms with E-state index in [1.54, 1.807) is 0 Å². The van der Waals surface area contributed by atoms with Gasteiger partial charge >= 0.3 is 5.97 Å². The van der Waals surface area contributed by atoms with Crippen LogP contribution in [0, 0.1) is 17.8 Å². The van der Waals surface area contributed by atoms with E-state index in [1.165, 1.54) is 7.11 Å². The molecule has 5 rings (SSSR count). The first kappa shape index (κ1) is 17.0. The Labute approximate surface area is 158 Å². The van der Waals surface area contributed by atoms with Gasteiger partial charge in [-0.2, -0.15) is 0 Å². The molecule has 0 aromatic heterocycles. The lowest BCUT2D eigenvalue weighted by Crippen LogP contribution is -2.68. The molecule has 3 heterocycles. The Kier molecular flexibility index (Phi) is 3.60. The van der Waals surface area contributed by atoms with Crippen LogP contribution >= 0.6 is 0 Å². The SMILES string of the molecule is CC[C@H]1C[C@@H]2[C@H](O)[C@H](C(=O)OC)[C@H]3Nc4ccccc4[C@]34CC(=O)N(C1)[C@H]24. The summed E-state index contributed by atoms with van der Waals surface area (Å²) in [6.45, 7) is 2.88. The van der Waals surface area contributed by atoms with E-state index in [0.717, 1.165) is 30.6 Å². The number of rotatable bonds is 2. The van der Waals surface area contributed by atoms with Gasteiger partial charge in [-0.1, -0.05) is 31.5 Å². The summed E-state index contributed by atoms with van der Waals surface area (Å²) in [7, 11) is 1.37. The number of ether oxygens (including phenoxy) is 1. The van der Waals surface area contributed by atoms with Crippen molar-refractivity contribution in [1.29, 1.82) is 0 Å². The van der Waals surface area contributed by atoms with Gasteiger partial charge < -0.3 is 20.1 Å². The van der Waals surface area contributed by atoms with Gasteiger partial charge in [-0.15, -0.1) is 0 Å². The van der Waals surface area contributed by atoms with Gasteiger partial charge in [0.25, 0.3) is 0 Å². The summed E-state index contributed by atoms with van der Waals surface area (Å²) in [6.07, 6.45) is 1.38. The molecule has 6 heteroatoms. The molecule has 144 valence electrons. The predicted molar refractivity (Wildman–Crippen MR) is 99.0 cm³/mol. The summed E-state index contributed by atoms with van der Waals surface area (Å²) < 4.78 is 5.09. The van der Waals surface area contributed by atoms with Crippen LogP contribution in [0.4, 0.5) is 5.69 Å². The Morgan fingerprint density at radius 2 is 2.19 bits per heavy atom. The average molecular weight is 370 g/mol. The minimum atomic E-state index is -0.815. The number of aliphatic hydroxyl groups excluding tert-OH is 1. The number of anilines is 1. The van der Waals surface area contributed by atoms with E-state index in [-0.39, 0.29) is 23.9 Å². The molecule has 2 N–H and O–H groups in total. The Morgan fingerprint density at radius 3 is 2.93 bits per heavy atom. The number of carbonyl (C=O) groups excluding carboxylic acids is 2. The van der Waals surface area contributed by atoms with Crippen LogP contribution < -0.4 is 5.32 Å². The fraction of sp³-hybridized carbons (Fsp3) is 0.619. The summed E-state index contributed by atoms with van der Waals surface area (Å²) >= 11 is 0. The van der Waals surface area contributed by atoms with Crippen molar-refractivity contribution in [2.75, 3.05) is 19.0 Å². The highest BCUT2D eigenvalue weighted by Crippen LogP contribution is 2.61. The van der Waals surface area contributed by atoms with E-state index < -0.39 is 23.4 Å². The van der Waals surface area contributed by atoms with Gasteiger partial charge in [-0.05, 0) is 24.0 Å². The molecule has 1 aliphatic carbocycles. The van der Waals surface area contributed by atoms with E-state index in [0.29, 0.717) is 12.3 Å². The van der Waals surface area contributed by atoms with Crippen LogP contribution in [0.3, 0.4) is 0 Å². The van der Waals surface area contributed by atoms with Gasteiger partial charge in [0.2, 0.25) is 5.91 Å². The lowest BCUT2D eigenvalue weighted by molar-refractivity contribution is -0.162. The molecule has 1 amide bonds. The van der Waals surface area contributed by atoms with Crippen LogP contribution in [0.25, 0.3) is 0 Å². The van der Waals surface area contributed by atoms with Gasteiger partial charge in [-0.25, -0.2) is 0 Å². The van der Waals surface area contributed by atoms with Gasteiger partial charge in [0.15, 0.2) is 0 Å². The van der Waals surface area contributed by atoms with Crippen molar-refractivity contribution in [3.63, 3.8) is 0 Å². The Morgan fingerprint density at radius 1 is 1.41 bits per heavy atom. The van der Waals surface area contributed by atoms with Gasteiger partial charge in [0.05, 0.1) is 19.3 Å². The lowest BCUT2D eigenvalue weighted by Gasteiger charge is -2.55. The molecule has 6 nitrogen and oxygen atoms in total. The Balaban J connectivity index is 1.72. The van der Waals surface area contributed by atoms with Crippen molar-refractivity contribution in [2.45, 2.75) is 49.8 Å². The lowest BCUT2D eigenvalue weighted by atomic mass is 9.54. The van der Waals surface area contributed by atoms with Crippen LogP contribution in [0.2, 0.25) is 0 Å². The normalized spacial score (nSPS) is 41.4. The van der Waals surface area contributed by atoms with Crippen molar-refractivity contribution in [1.82, 2.24) is 4.90 Å². The zero-order valence-corrected chi connectivity index (χ0v) is 15.7. The molecule has 1 aromatic rings. The molecule has 4 aliphatic rings. The molecular weight excluding hydrogens is 344 g/mol. The molecule has 3 fully saturated rings. The number of benzene rings is 1. The summed E-state index contributed by atoms with van der Waals surface area (Å²) in [4.78, 5) is 27.9. The van der Waals surface area contributed by atoms with E-state index in [9.17, 15) is 14.7 Å². The standard InChI is InChI=1S/C21H26N2O4/c1-3-11-8-12-17(25)16(20(26)27-2)18-21(9-15(24)23(10-11)19(12)21)13-6-4-5-7-14(13)22-18/h4-7,11-12,16-19,22,25H,3,8-10H2,1-2H3/t11-,12+,16-,17-,18+,19+,21+/m0/s1. The topological polar surface area (TPSA) is 78.9 Å². The highest BCUT2D eigenvalue weighted by Gasteiger charge is 2.71. The fourth-order valence-corrected chi connectivity index (χ4v) is 6.52. The third kappa shape index (κ3) is 1.99. The van der Waals surface area contributed by atoms with Gasteiger partial charge in [-0.3, -0.25) is 9.59 Å². The summed E-state index contributed by atoms with van der Waals surface area (Å²) in [6, 6.07) is 7.64. The average Bonchev–Trinajstić information content (AvgIpc) is 3.17. The number of methoxy groups -OCH3 is 1. The number of esters is 1. The van der Waals surface area contributed by atoms with Crippen LogP contribution in [0.1, 0.15) is 31.7 Å². The molecule has 7 atom stereocenters. The highest BCUT2D eigenvalue weighted by atomic mass is 16.5. The maximum atomic E-state index is 13.1. The number of para-hydroxylation sites is 1. The first-order valence-corrected chi connectivity index (χ1v) is 9.94. The smallest absolute Gasteiger partial charge is 0.313 e. The second-order valence-electron chi connectivity index (χ2n) is 8.59. The second kappa shape index (κ2) is 5.71. The Bertz CT molecular complexity index is 811. The third-order valence-electron chi connectivity index (χ3n) is 7.60. The monoisotopic (exact) mass is 370 g/mol. The summed E-state index contributed by atoms with van der Waals surface area (Å²) in [5.74, 6) is -0.672. The highest BCUT2D eigenvalue weighted by molar-refractivity contribution is 5.87. The Hall–Kier alpha value is -2.08. The van der Waals surface area contributed by atoms with E-state index in [2.05, 4.69) is 18.3 Å². The summed E-state index contributed by atoms with van der Waals surface area (Å²) in [5.41, 5.74) is 1.60. The van der Waals surface area contributed by atoms with Crippen LogP contribution in [-0.2, 0) is 19.7 Å². The number of nitrogens with one attached hydrogen (secondary N) is 1. The number of fused-ring (bicyclic) bond motifs is 1. The van der Waals surface area contributed by atoms with E-state index >= 15 is 0 Å². The molecule has 2 saturated heterocycles. The van der Waals surface area contributed by atoms with Crippen LogP contribution in [0.15, 0.2) is 24.3 Å². The number of hydrogen-bond acceptors (Lipinski definition) is 5. The van der Waals surface area contributed by atoms with Crippen molar-refractivity contribution in [3.8, 4) is 0 Å². The summed E-state index contributed by atoms with van der Waals surface area (Å²) in [5, 5.41) is 14.8. The number of amides is 1. The number of carbonyl (C=O) groups is 2. The van der Waals surface area contributed by atoms with Crippen molar-refractivity contribution >= 4 is 17.6 Å². The van der Waals surface area contributed by atoms with Crippen LogP contribution in [-0.4, -0.2) is 53.7 Å². The second-order valence-corrected chi connectivity index (χ2v) is 8.59. The molecule has 1 spiro atoms. The van der Waals surface area contributed by atoms with Crippen LogP contribution in [0.5, 0.6) is 0 Å². The van der Waals surface area contributed by atoms with Crippen molar-refractivity contribution in [3.05, 3.63) is 29.8 Å². The largest absolute Gasteiger partial charge is 0.469 e. The molecule has 0 bridgehead atoms. The molecule has 1 saturated carbocycles. The number of aliphatic hydroxyl groups is 1. The maximum Gasteiger partial charge on any atom is 0.313 e. The van der Waals surface area contributed by atoms with Crippen molar-refractivity contribution < 1.29 is 19.4 Å². The molecule has 1 aromatic carbocycles. The molecular formula is C21H26N2O4. The maximum absolute atomic E-state index is 13.1. The third-order valence-corrected chi connectivity index (χ3v) is 7.60. The minimum Gasteiger partial charge on any atom is -0.469 e. The van der Waals surface area contributed by atoms with Gasteiger partial charge in [0.1, 0.15) is 5.92 Å². The first-order valence-electron chi connectivity index (χ1n) is 9.94. The predicted octanol–water partition coefficient (Wildman–Crippen LogP) is 1.53. The number of hydrogen-bond donors (Lipinski definition) is 2. The van der Waals surface area contributed by atoms with E-state index in [1.807, 2.05) is 23.1 Å². The number of piperidine rings is 1. The minimum absolute atomic E-state index is 0.0649. The van der Waals surface area contributed by atoms with Gasteiger partial charge in [0, 0.05) is 36.0 Å². The molecule has 3 aliphatic heterocycles. The van der Waals surface area contributed by atoms with Crippen molar-refractivity contribution in [2.24, 2.45) is 17.8 Å². The zero-order chi connectivity index (χ0) is 18.9. The molecule has 0 unspecified atom stereocenters. The zero-order valence-electron chi connectivity index (χ0n) is 15.7.